The Kier molecular flexibility index (Phi) is 5.91. The van der Waals surface area contributed by atoms with E-state index < -0.39 is 11.7 Å². The smallest absolute Gasteiger partial charge is 0.355 e. The largest absolute Gasteiger partial charge is 0.422 e. The number of rotatable bonds is 5. The van der Waals surface area contributed by atoms with E-state index in [-0.39, 0.29) is 17.2 Å². The zero-order valence-electron chi connectivity index (χ0n) is 19.8. The van der Waals surface area contributed by atoms with Crippen LogP contribution >= 0.6 is 0 Å². The minimum absolute atomic E-state index is 0.0306. The van der Waals surface area contributed by atoms with Crippen molar-refractivity contribution in [3.05, 3.63) is 70.8 Å². The molecule has 0 saturated carbocycles. The first-order chi connectivity index (χ1) is 17.5. The van der Waals surface area contributed by atoms with Crippen molar-refractivity contribution in [1.29, 1.82) is 0 Å². The van der Waals surface area contributed by atoms with Crippen LogP contribution in [0.2, 0.25) is 0 Å². The van der Waals surface area contributed by atoms with Gasteiger partial charge in [-0.2, -0.15) is 13.2 Å². The number of nitrogens with zero attached hydrogens (tertiary/aromatic N) is 3. The number of aryl methyl sites for hydroxylation is 1. The molecular weight excluding hydrogens is 467 g/mol. The van der Waals surface area contributed by atoms with Gasteiger partial charge in [0.25, 0.3) is 0 Å². The van der Waals surface area contributed by atoms with Gasteiger partial charge in [-0.3, -0.25) is 0 Å². The van der Waals surface area contributed by atoms with E-state index in [1.807, 2.05) is 6.07 Å². The molecule has 0 unspecified atom stereocenters. The molecule has 0 bridgehead atoms. The van der Waals surface area contributed by atoms with Crippen molar-refractivity contribution >= 4 is 0 Å². The molecular formula is C28H26F3N3O2. The van der Waals surface area contributed by atoms with Gasteiger partial charge in [0.1, 0.15) is 11.3 Å². The zero-order chi connectivity index (χ0) is 24.7. The molecule has 186 valence electrons. The summed E-state index contributed by atoms with van der Waals surface area (Å²) in [5, 5.41) is 8.01. The highest BCUT2D eigenvalue weighted by Gasteiger charge is 2.43. The zero-order valence-corrected chi connectivity index (χ0v) is 19.8. The Labute approximate surface area is 206 Å². The minimum atomic E-state index is -4.67. The molecule has 6 rings (SSSR count). The molecule has 3 heterocycles. The minimum Gasteiger partial charge on any atom is -0.355 e. The fourth-order valence-electron chi connectivity index (χ4n) is 5.40. The fourth-order valence-corrected chi connectivity index (χ4v) is 5.40. The van der Waals surface area contributed by atoms with E-state index >= 15 is 0 Å². The van der Waals surface area contributed by atoms with Crippen molar-refractivity contribution in [2.24, 2.45) is 0 Å². The molecule has 1 fully saturated rings. The Morgan fingerprint density at radius 1 is 0.833 bits per heavy atom. The molecule has 0 radical (unpaired) electrons. The molecule has 36 heavy (non-hydrogen) atoms. The van der Waals surface area contributed by atoms with Crippen LogP contribution in [-0.2, 0) is 25.4 Å². The van der Waals surface area contributed by atoms with Crippen LogP contribution < -0.4 is 0 Å². The lowest BCUT2D eigenvalue weighted by molar-refractivity contribution is -0.136. The number of halogens is 3. The summed E-state index contributed by atoms with van der Waals surface area (Å²) in [7, 11) is 0. The van der Waals surface area contributed by atoms with Gasteiger partial charge in [-0.15, -0.1) is 0 Å². The first-order valence-corrected chi connectivity index (χ1v) is 12.4. The van der Waals surface area contributed by atoms with Gasteiger partial charge in [0.05, 0.1) is 0 Å². The number of hydrogen-bond donors (Lipinski definition) is 0. The van der Waals surface area contributed by atoms with Gasteiger partial charge in [-0.1, -0.05) is 65.3 Å². The fraction of sp³-hybridized carbons (Fsp3) is 0.357. The molecule has 2 aromatic heterocycles. The number of hydrogen-bond acceptors (Lipinski definition) is 5. The average molecular weight is 494 g/mol. The third-order valence-corrected chi connectivity index (χ3v) is 7.25. The highest BCUT2D eigenvalue weighted by Crippen LogP contribution is 2.46. The summed E-state index contributed by atoms with van der Waals surface area (Å²) in [5.41, 5.74) is 3.58. The summed E-state index contributed by atoms with van der Waals surface area (Å²) < 4.78 is 53.3. The number of benzene rings is 2. The van der Waals surface area contributed by atoms with E-state index in [1.54, 1.807) is 30.3 Å². The predicted molar refractivity (Wildman–Crippen MR) is 129 cm³/mol. The SMILES string of the molecule is FC(F)(F)c1c(-c2onc3c2CCc2cc(CCN4CCCCC4)ccc2-3)noc1-c1ccccc1. The maximum absolute atomic E-state index is 14.2. The summed E-state index contributed by atoms with van der Waals surface area (Å²) in [6.07, 6.45) is 1.42. The van der Waals surface area contributed by atoms with E-state index in [4.69, 9.17) is 9.05 Å². The second-order valence-electron chi connectivity index (χ2n) is 9.58. The van der Waals surface area contributed by atoms with Gasteiger partial charge in [0.15, 0.2) is 17.2 Å². The Balaban J connectivity index is 1.32. The van der Waals surface area contributed by atoms with E-state index in [9.17, 15) is 13.2 Å². The van der Waals surface area contributed by atoms with Gasteiger partial charge in [0.2, 0.25) is 0 Å². The molecule has 2 aliphatic rings. The maximum atomic E-state index is 14.2. The molecule has 1 aliphatic carbocycles. The van der Waals surface area contributed by atoms with E-state index in [0.29, 0.717) is 29.7 Å². The maximum Gasteiger partial charge on any atom is 0.422 e. The Bertz CT molecular complexity index is 1370. The molecule has 1 aliphatic heterocycles. The average Bonchev–Trinajstić information content (AvgIpc) is 3.53. The third kappa shape index (κ3) is 4.23. The third-order valence-electron chi connectivity index (χ3n) is 7.25. The quantitative estimate of drug-likeness (QED) is 0.306. The van der Waals surface area contributed by atoms with Gasteiger partial charge < -0.3 is 13.9 Å². The Morgan fingerprint density at radius 2 is 1.58 bits per heavy atom. The van der Waals surface area contributed by atoms with Crippen LogP contribution in [0, 0.1) is 0 Å². The highest BCUT2D eigenvalue weighted by molar-refractivity contribution is 5.79. The van der Waals surface area contributed by atoms with Gasteiger partial charge >= 0.3 is 6.18 Å². The van der Waals surface area contributed by atoms with E-state index in [1.165, 1.54) is 37.9 Å². The lowest BCUT2D eigenvalue weighted by Crippen LogP contribution is -2.31. The molecule has 0 spiro atoms. The van der Waals surface area contributed by atoms with Crippen LogP contribution in [-0.4, -0.2) is 34.8 Å². The Morgan fingerprint density at radius 3 is 2.36 bits per heavy atom. The summed E-state index contributed by atoms with van der Waals surface area (Å²) in [4.78, 5) is 2.52. The van der Waals surface area contributed by atoms with Crippen molar-refractivity contribution in [3.63, 3.8) is 0 Å². The normalized spacial score (nSPS) is 16.1. The first-order valence-electron chi connectivity index (χ1n) is 12.4. The van der Waals surface area contributed by atoms with Crippen LogP contribution in [0.3, 0.4) is 0 Å². The van der Waals surface area contributed by atoms with E-state index in [2.05, 4.69) is 27.3 Å². The lowest BCUT2D eigenvalue weighted by Gasteiger charge is -2.26. The molecule has 5 nitrogen and oxygen atoms in total. The van der Waals surface area contributed by atoms with Gasteiger partial charge in [-0.05, 0) is 56.3 Å². The van der Waals surface area contributed by atoms with Crippen LogP contribution in [0.1, 0.15) is 41.5 Å². The second-order valence-corrected chi connectivity index (χ2v) is 9.58. The number of piperidine rings is 1. The number of fused-ring (bicyclic) bond motifs is 3. The first kappa shape index (κ1) is 23.0. The van der Waals surface area contributed by atoms with Crippen LogP contribution in [0.4, 0.5) is 13.2 Å². The van der Waals surface area contributed by atoms with Crippen molar-refractivity contribution in [1.82, 2.24) is 15.2 Å². The Hall–Kier alpha value is -3.39. The summed E-state index contributed by atoms with van der Waals surface area (Å²) in [6, 6.07) is 14.5. The number of alkyl halides is 3. The molecule has 0 amide bonds. The molecule has 0 atom stereocenters. The molecule has 8 heteroatoms. The highest BCUT2D eigenvalue weighted by atomic mass is 19.4. The number of likely N-dealkylation sites (tertiary alicyclic amines) is 1. The van der Waals surface area contributed by atoms with Crippen molar-refractivity contribution < 1.29 is 22.2 Å². The molecule has 4 aromatic rings. The summed E-state index contributed by atoms with van der Waals surface area (Å²) >= 11 is 0. The summed E-state index contributed by atoms with van der Waals surface area (Å²) in [5.74, 6) is -0.291. The van der Waals surface area contributed by atoms with Gasteiger partial charge in [0, 0.05) is 23.2 Å². The standard InChI is InChI=1S/C28H26F3N3O2/c29-28(30,31)23-25(33-35-26(23)19-7-3-1-4-8-19)27-22-12-10-20-17-18(9-11-21(20)24(22)32-36-27)13-16-34-14-5-2-6-15-34/h1,3-4,7-9,11,17H,2,5-6,10,12-16H2. The molecule has 1 saturated heterocycles. The van der Waals surface area contributed by atoms with Crippen molar-refractivity contribution in [2.75, 3.05) is 19.6 Å². The second kappa shape index (κ2) is 9.24. The number of aromatic nitrogens is 2. The van der Waals surface area contributed by atoms with Crippen molar-refractivity contribution in [3.8, 4) is 34.0 Å². The lowest BCUT2D eigenvalue weighted by atomic mass is 9.87. The van der Waals surface area contributed by atoms with Crippen LogP contribution in [0.5, 0.6) is 0 Å². The predicted octanol–water partition coefficient (Wildman–Crippen LogP) is 6.81. The van der Waals surface area contributed by atoms with Crippen LogP contribution in [0.25, 0.3) is 34.0 Å². The molecule has 2 aromatic carbocycles. The topological polar surface area (TPSA) is 55.3 Å². The molecule has 0 N–H and O–H groups in total. The summed E-state index contributed by atoms with van der Waals surface area (Å²) in [6.45, 7) is 3.39. The van der Waals surface area contributed by atoms with Crippen molar-refractivity contribution in [2.45, 2.75) is 44.7 Å². The van der Waals surface area contributed by atoms with E-state index in [0.717, 1.165) is 24.1 Å². The monoisotopic (exact) mass is 493 g/mol. The van der Waals surface area contributed by atoms with Crippen LogP contribution in [0.15, 0.2) is 57.6 Å². The van der Waals surface area contributed by atoms with Gasteiger partial charge in [-0.25, -0.2) is 0 Å².